The van der Waals surface area contributed by atoms with Gasteiger partial charge in [0.25, 0.3) is 0 Å². The number of pyridine rings is 1. The van der Waals surface area contributed by atoms with E-state index in [1.54, 1.807) is 0 Å². The fraction of sp³-hybridized carbons (Fsp3) is 0.206. The molecule has 0 saturated carbocycles. The second-order valence-corrected chi connectivity index (χ2v) is 16.7. The average Bonchev–Trinajstić information content (AvgIpc) is 3.19. The van der Waals surface area contributed by atoms with Crippen LogP contribution in [-0.2, 0) is 7.05 Å². The van der Waals surface area contributed by atoms with Crippen molar-refractivity contribution in [3.63, 3.8) is 0 Å². The van der Waals surface area contributed by atoms with Gasteiger partial charge in [-0.05, 0) is 73.7 Å². The van der Waals surface area contributed by atoms with Crippen LogP contribution in [0.1, 0.15) is 16.7 Å². The molecule has 0 saturated heterocycles. The molecule has 0 amide bonds. The van der Waals surface area contributed by atoms with Crippen molar-refractivity contribution < 1.29 is 4.57 Å². The van der Waals surface area contributed by atoms with Crippen LogP contribution in [0.15, 0.2) is 85.1 Å². The van der Waals surface area contributed by atoms with Crippen molar-refractivity contribution in [1.29, 1.82) is 0 Å². The molecule has 2 nitrogen and oxygen atoms in total. The van der Waals surface area contributed by atoms with Gasteiger partial charge >= 0.3 is 0 Å². The van der Waals surface area contributed by atoms with Gasteiger partial charge in [0.2, 0.25) is 5.69 Å². The quantitative estimate of drug-likeness (QED) is 0.173. The molecule has 37 heavy (non-hydrogen) atoms. The number of nitrogens with zero attached hydrogens (tertiary/aromatic N) is 2. The van der Waals surface area contributed by atoms with Crippen LogP contribution < -0.4 is 9.75 Å². The minimum atomic E-state index is -1.45. The highest BCUT2D eigenvalue weighted by atomic mass is 28.3. The molecule has 0 bridgehead atoms. The highest BCUT2D eigenvalue weighted by Gasteiger charge is 2.21. The highest BCUT2D eigenvalue weighted by molar-refractivity contribution is 6.88. The van der Waals surface area contributed by atoms with E-state index in [-0.39, 0.29) is 0 Å². The molecule has 2 heterocycles. The Hall–Kier alpha value is -3.69. The van der Waals surface area contributed by atoms with E-state index in [9.17, 15) is 0 Å². The average molecular weight is 500 g/mol. The lowest BCUT2D eigenvalue weighted by Crippen LogP contribution is -2.37. The van der Waals surface area contributed by atoms with E-state index in [1.807, 2.05) is 0 Å². The monoisotopic (exact) mass is 499 g/mol. The molecule has 0 spiro atoms. The summed E-state index contributed by atoms with van der Waals surface area (Å²) in [6.07, 6.45) is 2.20. The van der Waals surface area contributed by atoms with Crippen molar-refractivity contribution in [3.8, 4) is 16.9 Å². The van der Waals surface area contributed by atoms with Crippen LogP contribution in [0.5, 0.6) is 0 Å². The van der Waals surface area contributed by atoms with Crippen molar-refractivity contribution in [3.05, 3.63) is 102 Å². The Bertz CT molecular complexity index is 1850. The van der Waals surface area contributed by atoms with Crippen LogP contribution in [0.3, 0.4) is 0 Å². The first-order valence-electron chi connectivity index (χ1n) is 13.2. The smallest absolute Gasteiger partial charge is 0.220 e. The van der Waals surface area contributed by atoms with Crippen LogP contribution in [-0.4, -0.2) is 12.6 Å². The molecule has 184 valence electrons. The van der Waals surface area contributed by atoms with Gasteiger partial charge in [0, 0.05) is 22.5 Å². The van der Waals surface area contributed by atoms with Gasteiger partial charge in [0.15, 0.2) is 6.20 Å². The molecule has 0 radical (unpaired) electrons. The topological polar surface area (TPSA) is 8.81 Å². The Balaban J connectivity index is 1.64. The lowest BCUT2D eigenvalue weighted by Gasteiger charge is -2.17. The summed E-state index contributed by atoms with van der Waals surface area (Å²) in [6, 6.07) is 29.8. The van der Waals surface area contributed by atoms with Crippen molar-refractivity contribution in [2.24, 2.45) is 7.05 Å². The summed E-state index contributed by atoms with van der Waals surface area (Å²) in [5.41, 5.74) is 10.3. The fourth-order valence-electron chi connectivity index (χ4n) is 5.84. The first-order chi connectivity index (χ1) is 17.6. The molecule has 3 heteroatoms. The minimum absolute atomic E-state index is 1.21. The molecular formula is C34H35N2Si+. The van der Waals surface area contributed by atoms with Crippen LogP contribution in [0.4, 0.5) is 0 Å². The van der Waals surface area contributed by atoms with Gasteiger partial charge in [0.1, 0.15) is 7.05 Å². The SMILES string of the molecule is Cc1cc(C)c(C)c(-c2c3ccc(-n4c5ccccc5c5ccc([Si](C)(C)C)cc54)cc3cc[n+]2C)c1. The normalized spacial score (nSPS) is 12.2. The number of rotatable bonds is 3. The first-order valence-corrected chi connectivity index (χ1v) is 16.7. The third-order valence-corrected chi connectivity index (χ3v) is 10.0. The van der Waals surface area contributed by atoms with Gasteiger partial charge in [-0.1, -0.05) is 66.8 Å². The van der Waals surface area contributed by atoms with E-state index in [2.05, 4.69) is 142 Å². The number of aromatic nitrogens is 2. The zero-order chi connectivity index (χ0) is 26.1. The molecule has 0 N–H and O–H groups in total. The standard InChI is InChI=1S/C34H35N2Si/c1-22-18-23(2)24(3)31(19-22)34-28-14-12-26(20-25(28)16-17-35(34)4)36-32-11-9-8-10-29(32)30-15-13-27(21-33(30)36)37(5,6)7/h8-21H,1-7H3/q+1. The summed E-state index contributed by atoms with van der Waals surface area (Å²) < 4.78 is 4.73. The first kappa shape index (κ1) is 23.7. The number of para-hydroxylation sites is 1. The zero-order valence-electron chi connectivity index (χ0n) is 23.0. The second-order valence-electron chi connectivity index (χ2n) is 11.6. The van der Waals surface area contributed by atoms with Gasteiger partial charge < -0.3 is 4.57 Å². The van der Waals surface area contributed by atoms with Crippen LogP contribution >= 0.6 is 0 Å². The van der Waals surface area contributed by atoms with Gasteiger partial charge in [-0.25, -0.2) is 4.57 Å². The summed E-state index contributed by atoms with van der Waals surface area (Å²) in [7, 11) is 0.708. The Morgan fingerprint density at radius 1 is 0.703 bits per heavy atom. The third-order valence-electron chi connectivity index (χ3n) is 7.99. The van der Waals surface area contributed by atoms with E-state index in [0.29, 0.717) is 0 Å². The number of hydrogen-bond donors (Lipinski definition) is 0. The number of benzene rings is 4. The summed E-state index contributed by atoms with van der Waals surface area (Å²) in [6.45, 7) is 13.9. The third kappa shape index (κ3) is 3.81. The number of fused-ring (bicyclic) bond motifs is 4. The van der Waals surface area contributed by atoms with Crippen molar-refractivity contribution >= 4 is 45.8 Å². The molecule has 6 aromatic rings. The van der Waals surface area contributed by atoms with E-state index in [0.717, 1.165) is 0 Å². The molecule has 0 aliphatic carbocycles. The van der Waals surface area contributed by atoms with Gasteiger partial charge in [0.05, 0.1) is 30.1 Å². The molecule has 2 aromatic heterocycles. The molecule has 0 atom stereocenters. The maximum Gasteiger partial charge on any atom is 0.220 e. The van der Waals surface area contributed by atoms with E-state index in [4.69, 9.17) is 0 Å². The summed E-state index contributed by atoms with van der Waals surface area (Å²) in [5.74, 6) is 0. The predicted octanol–water partition coefficient (Wildman–Crippen LogP) is 7.90. The maximum atomic E-state index is 2.46. The zero-order valence-corrected chi connectivity index (χ0v) is 24.0. The Morgan fingerprint density at radius 2 is 1.43 bits per heavy atom. The Labute approximate surface area is 220 Å². The molecule has 4 aromatic carbocycles. The maximum absolute atomic E-state index is 2.46. The van der Waals surface area contributed by atoms with Crippen LogP contribution in [0.25, 0.3) is 49.5 Å². The Kier molecular flexibility index (Phi) is 5.39. The molecule has 0 aliphatic heterocycles. The summed E-state index contributed by atoms with van der Waals surface area (Å²) in [4.78, 5) is 0. The van der Waals surface area contributed by atoms with Crippen molar-refractivity contribution in [1.82, 2.24) is 4.57 Å². The molecule has 0 unspecified atom stereocenters. The van der Waals surface area contributed by atoms with Crippen LogP contribution in [0.2, 0.25) is 19.6 Å². The molecule has 0 aliphatic rings. The molecule has 6 rings (SSSR count). The molecule has 0 fully saturated rings. The van der Waals surface area contributed by atoms with Crippen molar-refractivity contribution in [2.45, 2.75) is 40.4 Å². The number of hydrogen-bond acceptors (Lipinski definition) is 0. The second kappa shape index (κ2) is 8.42. The van der Waals surface area contributed by atoms with E-state index >= 15 is 0 Å². The van der Waals surface area contributed by atoms with Crippen LogP contribution in [0, 0.1) is 20.8 Å². The summed E-state index contributed by atoms with van der Waals surface area (Å²) >= 11 is 0. The van der Waals surface area contributed by atoms with Gasteiger partial charge in [-0.2, -0.15) is 0 Å². The lowest BCUT2D eigenvalue weighted by atomic mass is 9.94. The predicted molar refractivity (Wildman–Crippen MR) is 162 cm³/mol. The molecular weight excluding hydrogens is 464 g/mol. The van der Waals surface area contributed by atoms with E-state index in [1.165, 1.54) is 71.4 Å². The van der Waals surface area contributed by atoms with Crippen molar-refractivity contribution in [2.75, 3.05) is 0 Å². The fourth-order valence-corrected chi connectivity index (χ4v) is 6.99. The minimum Gasteiger partial charge on any atom is -0.309 e. The lowest BCUT2D eigenvalue weighted by molar-refractivity contribution is -0.659. The van der Waals surface area contributed by atoms with E-state index < -0.39 is 8.07 Å². The van der Waals surface area contributed by atoms with Gasteiger partial charge in [-0.15, -0.1) is 0 Å². The highest BCUT2D eigenvalue weighted by Crippen LogP contribution is 2.35. The summed E-state index contributed by atoms with van der Waals surface area (Å²) in [5, 5.41) is 6.67. The number of aryl methyl sites for hydroxylation is 3. The van der Waals surface area contributed by atoms with Gasteiger partial charge in [-0.3, -0.25) is 0 Å². The Morgan fingerprint density at radius 3 is 2.22 bits per heavy atom. The largest absolute Gasteiger partial charge is 0.309 e.